The molecule has 2 heteroatoms. The summed E-state index contributed by atoms with van der Waals surface area (Å²) in [7, 11) is 4.00. The SMILES string of the molecule is CC(NN(C)C)c1ccccc1. The van der Waals surface area contributed by atoms with Crippen LogP contribution in [0.25, 0.3) is 0 Å². The number of hydrazine groups is 1. The van der Waals surface area contributed by atoms with E-state index in [4.69, 9.17) is 0 Å². The van der Waals surface area contributed by atoms with Crippen molar-refractivity contribution in [3.63, 3.8) is 0 Å². The Balaban J connectivity index is 2.59. The zero-order valence-corrected chi connectivity index (χ0v) is 7.91. The maximum atomic E-state index is 3.29. The van der Waals surface area contributed by atoms with Crippen LogP contribution in [0.1, 0.15) is 18.5 Å². The van der Waals surface area contributed by atoms with Gasteiger partial charge in [-0.15, -0.1) is 0 Å². The molecule has 0 aliphatic heterocycles. The molecule has 0 aliphatic carbocycles. The van der Waals surface area contributed by atoms with Crippen LogP contribution in [0.2, 0.25) is 0 Å². The van der Waals surface area contributed by atoms with Crippen LogP contribution in [0.3, 0.4) is 0 Å². The highest BCUT2D eigenvalue weighted by Crippen LogP contribution is 2.10. The molecule has 0 aromatic heterocycles. The van der Waals surface area contributed by atoms with Crippen LogP contribution in [0, 0.1) is 0 Å². The zero-order valence-electron chi connectivity index (χ0n) is 7.91. The third-order valence-electron chi connectivity index (χ3n) is 1.75. The molecule has 2 nitrogen and oxygen atoms in total. The molecule has 12 heavy (non-hydrogen) atoms. The van der Waals surface area contributed by atoms with Crippen molar-refractivity contribution in [1.82, 2.24) is 10.4 Å². The molecule has 66 valence electrons. The van der Waals surface area contributed by atoms with Gasteiger partial charge in [0, 0.05) is 20.1 Å². The smallest absolute Gasteiger partial charge is 0.0436 e. The molecule has 0 saturated carbocycles. The molecule has 1 unspecified atom stereocenters. The lowest BCUT2D eigenvalue weighted by Crippen LogP contribution is -2.32. The maximum absolute atomic E-state index is 3.29. The lowest BCUT2D eigenvalue weighted by atomic mass is 10.1. The first kappa shape index (κ1) is 9.23. The highest BCUT2D eigenvalue weighted by molar-refractivity contribution is 5.17. The molecule has 0 spiro atoms. The Bertz CT molecular complexity index is 219. The average Bonchev–Trinajstić information content (AvgIpc) is 2.05. The molecule has 0 saturated heterocycles. The molecule has 1 aromatic carbocycles. The van der Waals surface area contributed by atoms with Crippen LogP contribution < -0.4 is 5.43 Å². The number of nitrogens with zero attached hydrogens (tertiary/aromatic N) is 1. The highest BCUT2D eigenvalue weighted by Gasteiger charge is 2.03. The summed E-state index contributed by atoms with van der Waals surface area (Å²) in [6, 6.07) is 10.8. The second kappa shape index (κ2) is 4.24. The minimum absolute atomic E-state index is 0.376. The van der Waals surface area contributed by atoms with Crippen molar-refractivity contribution in [2.75, 3.05) is 14.1 Å². The second-order valence-corrected chi connectivity index (χ2v) is 3.16. The van der Waals surface area contributed by atoms with E-state index >= 15 is 0 Å². The Morgan fingerprint density at radius 2 is 1.75 bits per heavy atom. The Kier molecular flexibility index (Phi) is 3.26. The van der Waals surface area contributed by atoms with Crippen molar-refractivity contribution < 1.29 is 0 Å². The van der Waals surface area contributed by atoms with Gasteiger partial charge in [-0.2, -0.15) is 0 Å². The number of hydrogen-bond acceptors (Lipinski definition) is 2. The fourth-order valence-electron chi connectivity index (χ4n) is 1.20. The van der Waals surface area contributed by atoms with Gasteiger partial charge in [-0.3, -0.25) is 5.01 Å². The summed E-state index contributed by atoms with van der Waals surface area (Å²) >= 11 is 0. The molecule has 1 N–H and O–H groups in total. The highest BCUT2D eigenvalue weighted by atomic mass is 15.5. The number of rotatable bonds is 3. The lowest BCUT2D eigenvalue weighted by molar-refractivity contribution is 0.252. The predicted molar refractivity (Wildman–Crippen MR) is 51.7 cm³/mol. The van der Waals surface area contributed by atoms with Gasteiger partial charge in [0.05, 0.1) is 0 Å². The minimum Gasteiger partial charge on any atom is -0.250 e. The lowest BCUT2D eigenvalue weighted by Gasteiger charge is -2.19. The predicted octanol–water partition coefficient (Wildman–Crippen LogP) is 1.81. The van der Waals surface area contributed by atoms with E-state index in [-0.39, 0.29) is 0 Å². The molecule has 0 aliphatic rings. The van der Waals surface area contributed by atoms with E-state index in [0.717, 1.165) is 0 Å². The number of benzene rings is 1. The molecular weight excluding hydrogens is 148 g/mol. The third kappa shape index (κ3) is 2.64. The van der Waals surface area contributed by atoms with Crippen molar-refractivity contribution in [2.45, 2.75) is 13.0 Å². The van der Waals surface area contributed by atoms with Crippen LogP contribution in [0.5, 0.6) is 0 Å². The summed E-state index contributed by atoms with van der Waals surface area (Å²) in [6.45, 7) is 2.15. The van der Waals surface area contributed by atoms with Gasteiger partial charge in [0.1, 0.15) is 0 Å². The Morgan fingerprint density at radius 3 is 2.25 bits per heavy atom. The first-order valence-electron chi connectivity index (χ1n) is 4.18. The van der Waals surface area contributed by atoms with Crippen LogP contribution in [-0.2, 0) is 0 Å². The van der Waals surface area contributed by atoms with Gasteiger partial charge in [-0.1, -0.05) is 30.3 Å². The van der Waals surface area contributed by atoms with Gasteiger partial charge < -0.3 is 0 Å². The summed E-state index contributed by atoms with van der Waals surface area (Å²) < 4.78 is 0. The minimum atomic E-state index is 0.376. The van der Waals surface area contributed by atoms with Crippen molar-refractivity contribution in [1.29, 1.82) is 0 Å². The quantitative estimate of drug-likeness (QED) is 0.685. The van der Waals surface area contributed by atoms with Crippen LogP contribution in [0.15, 0.2) is 30.3 Å². The normalized spacial score (nSPS) is 13.3. The monoisotopic (exact) mass is 164 g/mol. The summed E-state index contributed by atoms with van der Waals surface area (Å²) in [6.07, 6.45) is 0. The summed E-state index contributed by atoms with van der Waals surface area (Å²) in [5, 5.41) is 1.97. The molecule has 1 atom stereocenters. The first-order chi connectivity index (χ1) is 5.70. The molecule has 0 fully saturated rings. The van der Waals surface area contributed by atoms with Gasteiger partial charge in [0.15, 0.2) is 0 Å². The zero-order chi connectivity index (χ0) is 8.97. The number of nitrogens with one attached hydrogen (secondary N) is 1. The van der Waals surface area contributed by atoms with Crippen molar-refractivity contribution in [3.8, 4) is 0 Å². The summed E-state index contributed by atoms with van der Waals surface area (Å²) in [5.41, 5.74) is 4.60. The topological polar surface area (TPSA) is 15.3 Å². The molecule has 0 bridgehead atoms. The first-order valence-corrected chi connectivity index (χ1v) is 4.18. The number of hydrogen-bond donors (Lipinski definition) is 1. The van der Waals surface area contributed by atoms with E-state index < -0.39 is 0 Å². The van der Waals surface area contributed by atoms with E-state index in [9.17, 15) is 0 Å². The third-order valence-corrected chi connectivity index (χ3v) is 1.75. The van der Waals surface area contributed by atoms with E-state index in [1.807, 2.05) is 25.2 Å². The Labute approximate surface area is 74.2 Å². The molecule has 0 heterocycles. The summed E-state index contributed by atoms with van der Waals surface area (Å²) in [4.78, 5) is 0. The van der Waals surface area contributed by atoms with Gasteiger partial charge in [-0.25, -0.2) is 5.43 Å². The second-order valence-electron chi connectivity index (χ2n) is 3.16. The summed E-state index contributed by atoms with van der Waals surface area (Å²) in [5.74, 6) is 0. The molecule has 1 aromatic rings. The fourth-order valence-corrected chi connectivity index (χ4v) is 1.20. The van der Waals surface area contributed by atoms with Crippen molar-refractivity contribution >= 4 is 0 Å². The van der Waals surface area contributed by atoms with Crippen LogP contribution in [-0.4, -0.2) is 19.1 Å². The van der Waals surface area contributed by atoms with Crippen molar-refractivity contribution in [3.05, 3.63) is 35.9 Å². The van der Waals surface area contributed by atoms with Gasteiger partial charge in [-0.05, 0) is 12.5 Å². The molecule has 1 rings (SSSR count). The average molecular weight is 164 g/mol. The fraction of sp³-hybridized carbons (Fsp3) is 0.400. The Hall–Kier alpha value is -0.860. The van der Waals surface area contributed by atoms with Crippen LogP contribution in [0.4, 0.5) is 0 Å². The van der Waals surface area contributed by atoms with Gasteiger partial charge >= 0.3 is 0 Å². The maximum Gasteiger partial charge on any atom is 0.0436 e. The van der Waals surface area contributed by atoms with Crippen molar-refractivity contribution in [2.24, 2.45) is 0 Å². The van der Waals surface area contributed by atoms with Gasteiger partial charge in [0.2, 0.25) is 0 Å². The van der Waals surface area contributed by atoms with Crippen LogP contribution >= 0.6 is 0 Å². The molecule has 0 radical (unpaired) electrons. The van der Waals surface area contributed by atoms with Gasteiger partial charge in [0.25, 0.3) is 0 Å². The standard InChI is InChI=1S/C10H16N2/c1-9(11-12(2)3)10-7-5-4-6-8-10/h4-9,11H,1-3H3. The van der Waals surface area contributed by atoms with E-state index in [1.54, 1.807) is 0 Å². The van der Waals surface area contributed by atoms with E-state index in [1.165, 1.54) is 5.56 Å². The molecular formula is C10H16N2. The molecule has 0 amide bonds. The Morgan fingerprint density at radius 1 is 1.17 bits per heavy atom. The van der Waals surface area contributed by atoms with E-state index in [0.29, 0.717) is 6.04 Å². The van der Waals surface area contributed by atoms with E-state index in [2.05, 4.69) is 36.6 Å². The largest absolute Gasteiger partial charge is 0.250 e.